The topological polar surface area (TPSA) is 72.8 Å². The summed E-state index contributed by atoms with van der Waals surface area (Å²) in [6.45, 7) is 4.10. The Labute approximate surface area is 545 Å². The molecule has 1 unspecified atom stereocenters. The van der Waals surface area contributed by atoms with Crippen molar-refractivity contribution in [3.05, 3.63) is 48.6 Å². The van der Waals surface area contributed by atoms with E-state index in [9.17, 15) is 14.7 Å². The van der Waals surface area contributed by atoms with Crippen molar-refractivity contribution >= 4 is 11.9 Å². The fourth-order valence-electron chi connectivity index (χ4n) is 12.5. The predicted octanol–water partition coefficient (Wildman–Crippen LogP) is 27.8. The molecule has 0 aromatic rings. The quantitative estimate of drug-likeness (QED) is 0.0373. The van der Waals surface area contributed by atoms with Gasteiger partial charge in [-0.05, 0) is 51.4 Å². The summed E-state index contributed by atoms with van der Waals surface area (Å²) in [5.74, 6) is -0.562. The highest BCUT2D eigenvalue weighted by Gasteiger charge is 2.16. The normalized spacial score (nSPS) is 12.4. The minimum Gasteiger partial charge on any atom is -0.462 e. The first kappa shape index (κ1) is 84.9. The molecule has 0 fully saturated rings. The van der Waals surface area contributed by atoms with Crippen LogP contribution < -0.4 is 0 Å². The molecule has 1 atom stereocenters. The van der Waals surface area contributed by atoms with Crippen LogP contribution in [0.1, 0.15) is 444 Å². The summed E-state index contributed by atoms with van der Waals surface area (Å²) in [7, 11) is 0. The average Bonchev–Trinajstić information content (AvgIpc) is 3.52. The Hall–Kier alpha value is -2.14. The number of hydrogen-bond donors (Lipinski definition) is 1. The highest BCUT2D eigenvalue weighted by atomic mass is 16.6. The fourth-order valence-corrected chi connectivity index (χ4v) is 12.5. The van der Waals surface area contributed by atoms with Crippen molar-refractivity contribution in [1.29, 1.82) is 0 Å². The number of aliphatic hydroxyl groups excluding tert-OH is 1. The van der Waals surface area contributed by atoms with Gasteiger partial charge in [0, 0.05) is 12.8 Å². The van der Waals surface area contributed by atoms with E-state index in [1.54, 1.807) is 0 Å². The molecule has 87 heavy (non-hydrogen) atoms. The molecule has 0 aliphatic rings. The third kappa shape index (κ3) is 76.2. The van der Waals surface area contributed by atoms with Crippen LogP contribution in [0.4, 0.5) is 0 Å². The van der Waals surface area contributed by atoms with Gasteiger partial charge in [0.2, 0.25) is 0 Å². The summed E-state index contributed by atoms with van der Waals surface area (Å²) >= 11 is 0. The Balaban J connectivity index is 3.35. The first-order chi connectivity index (χ1) is 43.1. The van der Waals surface area contributed by atoms with Gasteiger partial charge in [0.15, 0.2) is 6.10 Å². The van der Waals surface area contributed by atoms with Crippen LogP contribution in [0.3, 0.4) is 0 Å². The third-order valence-electron chi connectivity index (χ3n) is 18.4. The summed E-state index contributed by atoms with van der Waals surface area (Å²) in [6.07, 6.45) is 106. The van der Waals surface area contributed by atoms with Crippen molar-refractivity contribution in [1.82, 2.24) is 0 Å². The summed E-state index contributed by atoms with van der Waals surface area (Å²) in [4.78, 5) is 24.7. The van der Waals surface area contributed by atoms with Gasteiger partial charge in [-0.25, -0.2) is 0 Å². The molecule has 1 N–H and O–H groups in total. The van der Waals surface area contributed by atoms with Crippen LogP contribution in [0, 0.1) is 0 Å². The van der Waals surface area contributed by atoms with Crippen LogP contribution in [-0.4, -0.2) is 36.4 Å². The molecule has 0 bridgehead atoms. The van der Waals surface area contributed by atoms with E-state index in [1.807, 2.05) is 0 Å². The molecule has 0 saturated heterocycles. The van der Waals surface area contributed by atoms with Gasteiger partial charge in [-0.2, -0.15) is 0 Å². The summed E-state index contributed by atoms with van der Waals surface area (Å²) in [5, 5.41) is 9.73. The van der Waals surface area contributed by atoms with Gasteiger partial charge < -0.3 is 14.6 Å². The van der Waals surface area contributed by atoms with E-state index in [-0.39, 0.29) is 25.2 Å². The Morgan fingerprint density at radius 2 is 0.494 bits per heavy atom. The van der Waals surface area contributed by atoms with Crippen LogP contribution in [0.15, 0.2) is 48.6 Å². The second kappa shape index (κ2) is 78.1. The first-order valence-electron chi connectivity index (χ1n) is 39.7. The summed E-state index contributed by atoms with van der Waals surface area (Å²) < 4.78 is 10.8. The minimum atomic E-state index is -0.770. The zero-order valence-corrected chi connectivity index (χ0v) is 59.1. The van der Waals surface area contributed by atoms with Crippen LogP contribution in [0.25, 0.3) is 0 Å². The van der Waals surface area contributed by atoms with Crippen molar-refractivity contribution in [2.75, 3.05) is 13.2 Å². The zero-order valence-electron chi connectivity index (χ0n) is 59.1. The molecule has 0 spiro atoms. The lowest BCUT2D eigenvalue weighted by molar-refractivity contribution is -0.161. The van der Waals surface area contributed by atoms with Crippen molar-refractivity contribution in [3.63, 3.8) is 0 Å². The molecule has 0 radical (unpaired) electrons. The van der Waals surface area contributed by atoms with Crippen LogP contribution in [0.5, 0.6) is 0 Å². The molecule has 5 nitrogen and oxygen atoms in total. The monoisotopic (exact) mass is 1220 g/mol. The standard InChI is InChI=1S/C82H154O5/c1-3-5-7-9-11-13-15-17-19-21-23-25-27-29-31-33-35-37-39-40-41-43-44-46-48-50-52-54-56-58-60-62-64-66-68-70-72-74-76-81(84)86-79-80(78-83)87-82(85)77-75-73-71-69-67-65-63-61-59-57-55-53-51-49-47-45-42-38-36-34-32-30-28-26-24-22-20-18-16-14-12-10-8-6-4-2/h6,8,12,14,18,20,24,26,80,83H,3-5,7,9-11,13,15-17,19,21-23,25,27-79H2,1-2H3/b8-6-,14-12-,20-18-,26-24-. The maximum absolute atomic E-state index is 12.4. The van der Waals surface area contributed by atoms with E-state index in [2.05, 4.69) is 62.5 Å². The smallest absolute Gasteiger partial charge is 0.306 e. The average molecular weight is 1220 g/mol. The molecule has 5 heteroatoms. The molecule has 0 aliphatic carbocycles. The number of unbranched alkanes of at least 4 members (excludes halogenated alkanes) is 59. The van der Waals surface area contributed by atoms with E-state index in [1.165, 1.54) is 360 Å². The Morgan fingerprint density at radius 1 is 0.276 bits per heavy atom. The van der Waals surface area contributed by atoms with Crippen molar-refractivity contribution in [3.8, 4) is 0 Å². The number of aliphatic hydroxyl groups is 1. The Morgan fingerprint density at radius 3 is 0.747 bits per heavy atom. The van der Waals surface area contributed by atoms with Crippen LogP contribution >= 0.6 is 0 Å². The molecular formula is C82H154O5. The van der Waals surface area contributed by atoms with Crippen molar-refractivity contribution in [2.24, 2.45) is 0 Å². The number of esters is 2. The highest BCUT2D eigenvalue weighted by Crippen LogP contribution is 2.20. The lowest BCUT2D eigenvalue weighted by Crippen LogP contribution is -2.28. The van der Waals surface area contributed by atoms with Gasteiger partial charge in [0.1, 0.15) is 6.61 Å². The summed E-state index contributed by atoms with van der Waals surface area (Å²) in [5.41, 5.74) is 0. The van der Waals surface area contributed by atoms with Gasteiger partial charge in [0.05, 0.1) is 6.61 Å². The second-order valence-corrected chi connectivity index (χ2v) is 27.1. The predicted molar refractivity (Wildman–Crippen MR) is 385 cm³/mol. The molecule has 0 saturated carbocycles. The SMILES string of the molecule is CC/C=C\C/C=C\C/C=C\C/C=C\CCCCCCCCCCCCCCCCCCCCCCCCC(=O)OC(CO)COC(=O)CCCCCCCCCCCCCCCCCCCCCCCCCCCCCCCCCCCCCCCC. The maximum Gasteiger partial charge on any atom is 0.306 e. The number of carbonyl (C=O) groups is 2. The molecule has 512 valence electrons. The van der Waals surface area contributed by atoms with E-state index < -0.39 is 6.10 Å². The van der Waals surface area contributed by atoms with Crippen LogP contribution in [0.2, 0.25) is 0 Å². The Bertz CT molecular complexity index is 1430. The van der Waals surface area contributed by atoms with E-state index in [0.717, 1.165) is 57.8 Å². The molecule has 0 aliphatic heterocycles. The fraction of sp³-hybridized carbons (Fsp3) is 0.878. The highest BCUT2D eigenvalue weighted by molar-refractivity contribution is 5.70. The summed E-state index contributed by atoms with van der Waals surface area (Å²) in [6, 6.07) is 0. The molecule has 0 rings (SSSR count). The molecular weight excluding hydrogens is 1060 g/mol. The minimum absolute atomic E-state index is 0.0586. The number of ether oxygens (including phenoxy) is 2. The van der Waals surface area contributed by atoms with E-state index in [0.29, 0.717) is 12.8 Å². The lowest BCUT2D eigenvalue weighted by atomic mass is 10.0. The van der Waals surface area contributed by atoms with Gasteiger partial charge in [-0.1, -0.05) is 428 Å². The van der Waals surface area contributed by atoms with Gasteiger partial charge >= 0.3 is 11.9 Å². The van der Waals surface area contributed by atoms with Gasteiger partial charge in [0.25, 0.3) is 0 Å². The first-order valence-corrected chi connectivity index (χ1v) is 39.7. The van der Waals surface area contributed by atoms with E-state index >= 15 is 0 Å². The zero-order chi connectivity index (χ0) is 62.6. The number of rotatable bonds is 75. The van der Waals surface area contributed by atoms with Crippen molar-refractivity contribution < 1.29 is 24.2 Å². The maximum atomic E-state index is 12.4. The van der Waals surface area contributed by atoms with Gasteiger partial charge in [-0.15, -0.1) is 0 Å². The Kier molecular flexibility index (Phi) is 76.2. The lowest BCUT2D eigenvalue weighted by Gasteiger charge is -2.15. The van der Waals surface area contributed by atoms with Gasteiger partial charge in [-0.3, -0.25) is 9.59 Å². The largest absolute Gasteiger partial charge is 0.462 e. The molecule has 0 aromatic carbocycles. The number of hydrogen-bond acceptors (Lipinski definition) is 5. The number of carbonyl (C=O) groups excluding carboxylic acids is 2. The second-order valence-electron chi connectivity index (χ2n) is 27.1. The molecule has 0 amide bonds. The molecule has 0 aromatic heterocycles. The van der Waals surface area contributed by atoms with Crippen LogP contribution in [-0.2, 0) is 19.1 Å². The third-order valence-corrected chi connectivity index (χ3v) is 18.4. The number of allylic oxidation sites excluding steroid dienone is 8. The van der Waals surface area contributed by atoms with E-state index in [4.69, 9.17) is 9.47 Å². The molecule has 0 heterocycles. The van der Waals surface area contributed by atoms with Crippen molar-refractivity contribution in [2.45, 2.75) is 450 Å².